The van der Waals surface area contributed by atoms with Crippen LogP contribution in [0.2, 0.25) is 0 Å². The van der Waals surface area contributed by atoms with E-state index in [1.54, 1.807) is 22.3 Å². The van der Waals surface area contributed by atoms with Gasteiger partial charge in [-0.25, -0.2) is 12.2 Å². The molecule has 0 nitrogen and oxygen atoms in total. The second-order valence-corrected chi connectivity index (χ2v) is 19.3. The van der Waals surface area contributed by atoms with Crippen LogP contribution in [0.3, 0.4) is 0 Å². The molecule has 4 aliphatic carbocycles. The molecule has 0 fully saturated rings. The fourth-order valence-electron chi connectivity index (χ4n) is 5.01. The summed E-state index contributed by atoms with van der Waals surface area (Å²) in [6.07, 6.45) is 22.4. The van der Waals surface area contributed by atoms with Crippen molar-refractivity contribution in [3.8, 4) is 0 Å². The third-order valence-corrected chi connectivity index (χ3v) is 6.39. The average molecular weight is 527 g/mol. The van der Waals surface area contributed by atoms with Crippen molar-refractivity contribution in [1.29, 1.82) is 0 Å². The van der Waals surface area contributed by atoms with Crippen molar-refractivity contribution in [3.63, 3.8) is 0 Å². The van der Waals surface area contributed by atoms with Crippen LogP contribution in [0, 0.1) is 34.8 Å². The van der Waals surface area contributed by atoms with Gasteiger partial charge < -0.3 is 0 Å². The van der Waals surface area contributed by atoms with E-state index in [1.165, 1.54) is 51.4 Å². The van der Waals surface area contributed by atoms with Crippen molar-refractivity contribution in [3.05, 3.63) is 46.6 Å². The van der Waals surface area contributed by atoms with Gasteiger partial charge in [0, 0.05) is 0 Å². The first-order valence-electron chi connectivity index (χ1n) is 11.5. The molecule has 0 saturated heterocycles. The maximum absolute atomic E-state index is 5.13. The zero-order valence-corrected chi connectivity index (χ0v) is 23.9. The van der Waals surface area contributed by atoms with Crippen molar-refractivity contribution in [2.45, 2.75) is 92.9 Å². The molecule has 0 heterocycles. The summed E-state index contributed by atoms with van der Waals surface area (Å²) in [5.74, 6) is 1.20. The number of hydrogen-bond donors (Lipinski definition) is 0. The number of rotatable bonds is 0. The van der Waals surface area contributed by atoms with Crippen molar-refractivity contribution in [2.75, 3.05) is 0 Å². The Balaban J connectivity index is 0.000000182. The van der Waals surface area contributed by atoms with Crippen LogP contribution in [0.5, 0.6) is 0 Å². The maximum atomic E-state index is 5.13. The zero-order chi connectivity index (χ0) is 22.5. The molecule has 0 aromatic rings. The van der Waals surface area contributed by atoms with E-state index in [2.05, 4.69) is 70.1 Å². The van der Waals surface area contributed by atoms with Crippen molar-refractivity contribution in [1.82, 2.24) is 0 Å². The Bertz CT molecular complexity index is 676. The van der Waals surface area contributed by atoms with Crippen LogP contribution in [0.4, 0.5) is 0 Å². The molecule has 0 aromatic heterocycles. The Morgan fingerprint density at radius 3 is 1.33 bits per heavy atom. The van der Waals surface area contributed by atoms with E-state index in [-0.39, 0.29) is 0 Å². The molecule has 0 spiro atoms. The molecule has 168 valence electrons. The van der Waals surface area contributed by atoms with E-state index in [0.717, 1.165) is 0 Å². The summed E-state index contributed by atoms with van der Waals surface area (Å²) in [5.41, 5.74) is 7.32. The molecule has 4 rings (SSSR count). The summed E-state index contributed by atoms with van der Waals surface area (Å²) < 4.78 is 3.37. The van der Waals surface area contributed by atoms with Crippen LogP contribution in [0.1, 0.15) is 92.9 Å². The number of allylic oxidation sites excluding steroid dienone is 8. The molecule has 0 saturated carbocycles. The van der Waals surface area contributed by atoms with Crippen LogP contribution in [0.15, 0.2) is 34.4 Å². The van der Waals surface area contributed by atoms with E-state index in [4.69, 9.17) is 17.0 Å². The van der Waals surface area contributed by atoms with Gasteiger partial charge in [-0.1, -0.05) is 91.9 Å². The molecule has 0 radical (unpaired) electrons. The summed E-state index contributed by atoms with van der Waals surface area (Å²) in [6.45, 7) is 13.9. The molecule has 4 aliphatic rings. The zero-order valence-electron chi connectivity index (χ0n) is 19.9. The average Bonchev–Trinajstić information content (AvgIpc) is 3.25. The van der Waals surface area contributed by atoms with Crippen LogP contribution < -0.4 is 0 Å². The molecule has 2 unspecified atom stereocenters. The standard InChI is InChI=1S/2C13H19.CH2.2ClH.Zr/c2*1-13(2,3)12-9-8-10-6-4-5-7-11(10)12;;;;/h2*8,12H,4-7H2,1-3H3;1H2;2*1H;/q2*-1;;;;+2/p-2. The van der Waals surface area contributed by atoms with Crippen molar-refractivity contribution >= 4 is 21.2 Å². The van der Waals surface area contributed by atoms with Gasteiger partial charge in [0.2, 0.25) is 0 Å². The second kappa shape index (κ2) is 11.4. The van der Waals surface area contributed by atoms with Crippen LogP contribution >= 0.6 is 17.0 Å². The monoisotopic (exact) mass is 524 g/mol. The molecule has 0 aliphatic heterocycles. The third kappa shape index (κ3) is 7.71. The Kier molecular flexibility index (Phi) is 10.1. The molecule has 30 heavy (non-hydrogen) atoms. The molecular weight excluding hydrogens is 486 g/mol. The predicted octanol–water partition coefficient (Wildman–Crippen LogP) is 9.13. The van der Waals surface area contributed by atoms with Gasteiger partial charge in [0.1, 0.15) is 0 Å². The predicted molar refractivity (Wildman–Crippen MR) is 131 cm³/mol. The first-order chi connectivity index (χ1) is 13.9. The summed E-state index contributed by atoms with van der Waals surface area (Å²) in [7, 11) is 10.3. The van der Waals surface area contributed by atoms with E-state index < -0.39 is 18.9 Å². The van der Waals surface area contributed by atoms with Gasteiger partial charge in [-0.15, -0.1) is 0 Å². The van der Waals surface area contributed by atoms with Gasteiger partial charge in [-0.05, 0) is 23.7 Å². The summed E-state index contributed by atoms with van der Waals surface area (Å²) >= 11 is -1.85. The molecule has 2 atom stereocenters. The molecule has 0 bridgehead atoms. The number of halogens is 2. The normalized spacial score (nSPS) is 25.2. The fraction of sp³-hybridized carbons (Fsp3) is 0.667. The summed E-state index contributed by atoms with van der Waals surface area (Å²) in [6, 6.07) is 0. The topological polar surface area (TPSA) is 0 Å². The molecular formula is C27H40Cl2Zr-2. The van der Waals surface area contributed by atoms with Gasteiger partial charge in [0.05, 0.1) is 0 Å². The van der Waals surface area contributed by atoms with Gasteiger partial charge in [0.25, 0.3) is 0 Å². The Morgan fingerprint density at radius 2 is 1.03 bits per heavy atom. The van der Waals surface area contributed by atoms with Crippen molar-refractivity contribution in [2.24, 2.45) is 22.7 Å². The van der Waals surface area contributed by atoms with Crippen LogP contribution in [0.25, 0.3) is 0 Å². The van der Waals surface area contributed by atoms with E-state index >= 15 is 0 Å². The van der Waals surface area contributed by atoms with Crippen LogP contribution in [-0.4, -0.2) is 4.21 Å². The van der Waals surface area contributed by atoms with Gasteiger partial charge in [0.15, 0.2) is 0 Å². The van der Waals surface area contributed by atoms with Gasteiger partial charge in [-0.3, -0.25) is 12.2 Å². The van der Waals surface area contributed by atoms with Crippen LogP contribution in [-0.2, 0) is 18.9 Å². The Labute approximate surface area is 201 Å². The third-order valence-electron chi connectivity index (χ3n) is 6.39. The summed E-state index contributed by atoms with van der Waals surface area (Å²) in [5, 5.41) is 0. The minimum atomic E-state index is -1.85. The first-order valence-corrected chi connectivity index (χ1v) is 19.6. The van der Waals surface area contributed by atoms with Gasteiger partial charge in [-0.2, -0.15) is 22.3 Å². The van der Waals surface area contributed by atoms with E-state index in [9.17, 15) is 0 Å². The SMILES string of the molecule is CC(C)(C)C1[C-]=CC2=C1CCCC2.CC(C)(C)C1[C-]=CC2=C1CCCC2.[CH2]=[Zr]([Cl])[Cl]. The Morgan fingerprint density at radius 1 is 0.733 bits per heavy atom. The molecule has 0 aromatic carbocycles. The molecule has 0 amide bonds. The number of hydrogen-bond acceptors (Lipinski definition) is 0. The van der Waals surface area contributed by atoms with E-state index in [1.807, 2.05) is 0 Å². The molecule has 3 heteroatoms. The first kappa shape index (κ1) is 26.5. The quantitative estimate of drug-likeness (QED) is 0.276. The summed E-state index contributed by atoms with van der Waals surface area (Å²) in [4.78, 5) is 0. The van der Waals surface area contributed by atoms with Gasteiger partial charge >= 0.3 is 40.1 Å². The fourth-order valence-corrected chi connectivity index (χ4v) is 5.01. The van der Waals surface area contributed by atoms with E-state index in [0.29, 0.717) is 22.7 Å². The molecule has 0 N–H and O–H groups in total. The minimum absolute atomic E-state index is 0.366. The Hall–Kier alpha value is 0.293. The van der Waals surface area contributed by atoms with Crippen molar-refractivity contribution < 1.29 is 18.9 Å². The second-order valence-electron chi connectivity index (χ2n) is 11.1.